The summed E-state index contributed by atoms with van der Waals surface area (Å²) in [6.45, 7) is 2.46. The number of sulfonamides is 1. The highest BCUT2D eigenvalue weighted by Gasteiger charge is 2.39. The van der Waals surface area contributed by atoms with Crippen LogP contribution in [-0.2, 0) is 15.9 Å². The molecule has 0 heterocycles. The highest BCUT2D eigenvalue weighted by molar-refractivity contribution is 7.89. The fourth-order valence-electron chi connectivity index (χ4n) is 2.35. The standard InChI is InChI=1S/C14H19Cl2NO3S/c1-3-6-17(12-4-5-12)21(18,19)13-8-11(16)7-10(9-15)14(13)20-2/h7-8,12H,3-6,9H2,1-2H3. The van der Waals surface area contributed by atoms with Gasteiger partial charge in [-0.25, -0.2) is 8.42 Å². The fourth-order valence-corrected chi connectivity index (χ4v) is 4.86. The van der Waals surface area contributed by atoms with Crippen LogP contribution in [0.25, 0.3) is 0 Å². The summed E-state index contributed by atoms with van der Waals surface area (Å²) in [7, 11) is -2.19. The average molecular weight is 352 g/mol. The van der Waals surface area contributed by atoms with Crippen molar-refractivity contribution in [2.24, 2.45) is 0 Å². The summed E-state index contributed by atoms with van der Waals surface area (Å²) in [6, 6.07) is 3.17. The summed E-state index contributed by atoms with van der Waals surface area (Å²) in [5, 5.41) is 0.345. The van der Waals surface area contributed by atoms with Gasteiger partial charge in [0.2, 0.25) is 10.0 Å². The molecule has 0 spiro atoms. The molecule has 7 heteroatoms. The zero-order valence-corrected chi connectivity index (χ0v) is 14.4. The molecule has 1 aromatic carbocycles. The summed E-state index contributed by atoms with van der Waals surface area (Å²) in [4.78, 5) is 0.105. The predicted molar refractivity (Wildman–Crippen MR) is 84.8 cm³/mol. The summed E-state index contributed by atoms with van der Waals surface area (Å²) in [6.07, 6.45) is 2.58. The quantitative estimate of drug-likeness (QED) is 0.704. The van der Waals surface area contributed by atoms with E-state index in [1.807, 2.05) is 6.92 Å². The van der Waals surface area contributed by atoms with Crippen LogP contribution < -0.4 is 4.74 Å². The van der Waals surface area contributed by atoms with E-state index >= 15 is 0 Å². The van der Waals surface area contributed by atoms with Crippen molar-refractivity contribution in [2.45, 2.75) is 43.0 Å². The number of hydrogen-bond acceptors (Lipinski definition) is 3. The maximum atomic E-state index is 12.9. The SMILES string of the molecule is CCCN(C1CC1)S(=O)(=O)c1cc(Cl)cc(CCl)c1OC. The lowest BCUT2D eigenvalue weighted by molar-refractivity contribution is 0.382. The number of rotatable bonds is 7. The van der Waals surface area contributed by atoms with Gasteiger partial charge in [0, 0.05) is 23.2 Å². The average Bonchev–Trinajstić information content (AvgIpc) is 3.27. The van der Waals surface area contributed by atoms with Crippen LogP contribution in [0.2, 0.25) is 5.02 Å². The van der Waals surface area contributed by atoms with E-state index in [0.717, 1.165) is 19.3 Å². The number of alkyl halides is 1. The first kappa shape index (κ1) is 16.9. The second-order valence-corrected chi connectivity index (χ2v) is 7.64. The molecule has 21 heavy (non-hydrogen) atoms. The van der Waals surface area contributed by atoms with Gasteiger partial charge in [-0.2, -0.15) is 4.31 Å². The van der Waals surface area contributed by atoms with Crippen molar-refractivity contribution in [3.05, 3.63) is 22.7 Å². The van der Waals surface area contributed by atoms with Gasteiger partial charge >= 0.3 is 0 Å². The molecule has 0 saturated heterocycles. The minimum Gasteiger partial charge on any atom is -0.495 e. The second kappa shape index (κ2) is 6.73. The number of benzene rings is 1. The Morgan fingerprint density at radius 2 is 2.05 bits per heavy atom. The Hall–Kier alpha value is -0.490. The molecule has 118 valence electrons. The summed E-state index contributed by atoms with van der Waals surface area (Å²) in [5.41, 5.74) is 0.581. The van der Waals surface area contributed by atoms with E-state index in [9.17, 15) is 8.42 Å². The molecule has 0 aliphatic heterocycles. The van der Waals surface area contributed by atoms with Gasteiger partial charge in [0.15, 0.2) is 0 Å². The van der Waals surface area contributed by atoms with Crippen molar-refractivity contribution in [1.82, 2.24) is 4.31 Å². The Balaban J connectivity index is 2.55. The van der Waals surface area contributed by atoms with E-state index in [0.29, 0.717) is 17.1 Å². The Morgan fingerprint density at radius 3 is 2.52 bits per heavy atom. The van der Waals surface area contributed by atoms with Gasteiger partial charge in [0.05, 0.1) is 13.0 Å². The van der Waals surface area contributed by atoms with Gasteiger partial charge < -0.3 is 4.74 Å². The van der Waals surface area contributed by atoms with Crippen molar-refractivity contribution in [3.63, 3.8) is 0 Å². The zero-order chi connectivity index (χ0) is 15.6. The number of nitrogens with zero attached hydrogens (tertiary/aromatic N) is 1. The Kier molecular flexibility index (Phi) is 5.41. The smallest absolute Gasteiger partial charge is 0.247 e. The third-order valence-corrected chi connectivity index (χ3v) is 5.89. The van der Waals surface area contributed by atoms with Crippen molar-refractivity contribution < 1.29 is 13.2 Å². The van der Waals surface area contributed by atoms with Crippen LogP contribution >= 0.6 is 23.2 Å². The summed E-state index contributed by atoms with van der Waals surface area (Å²) < 4.78 is 32.7. The normalized spacial score (nSPS) is 15.5. The molecule has 1 aliphatic carbocycles. The molecule has 0 radical (unpaired) electrons. The van der Waals surface area contributed by atoms with Crippen molar-refractivity contribution in [2.75, 3.05) is 13.7 Å². The Labute approximate surface area is 136 Å². The topological polar surface area (TPSA) is 46.6 Å². The van der Waals surface area contributed by atoms with Crippen LogP contribution in [0, 0.1) is 0 Å². The number of ether oxygens (including phenoxy) is 1. The van der Waals surface area contributed by atoms with Crippen LogP contribution in [0.5, 0.6) is 5.75 Å². The van der Waals surface area contributed by atoms with Crippen LogP contribution in [0.1, 0.15) is 31.7 Å². The van der Waals surface area contributed by atoms with Gasteiger partial charge in [-0.15, -0.1) is 11.6 Å². The minimum absolute atomic E-state index is 0.0955. The maximum absolute atomic E-state index is 12.9. The summed E-state index contributed by atoms with van der Waals surface area (Å²) >= 11 is 11.9. The minimum atomic E-state index is -3.63. The molecule has 0 N–H and O–H groups in total. The monoisotopic (exact) mass is 351 g/mol. The lowest BCUT2D eigenvalue weighted by atomic mass is 10.2. The molecule has 1 saturated carbocycles. The molecule has 0 atom stereocenters. The van der Waals surface area contributed by atoms with E-state index in [1.54, 1.807) is 10.4 Å². The van der Waals surface area contributed by atoms with Gasteiger partial charge in [-0.05, 0) is 31.4 Å². The molecule has 2 rings (SSSR count). The maximum Gasteiger partial charge on any atom is 0.247 e. The predicted octanol–water partition coefficient (Wildman–Crippen LogP) is 3.65. The lowest BCUT2D eigenvalue weighted by Gasteiger charge is -2.23. The van der Waals surface area contributed by atoms with Crippen LogP contribution in [-0.4, -0.2) is 32.4 Å². The molecule has 0 bridgehead atoms. The molecule has 0 amide bonds. The number of hydrogen-bond donors (Lipinski definition) is 0. The van der Waals surface area contributed by atoms with E-state index in [1.165, 1.54) is 13.2 Å². The Bertz CT molecular complexity index is 615. The molecule has 0 unspecified atom stereocenters. The molecule has 4 nitrogen and oxygen atoms in total. The zero-order valence-electron chi connectivity index (χ0n) is 12.1. The van der Waals surface area contributed by atoms with Crippen molar-refractivity contribution >= 4 is 33.2 Å². The molecular weight excluding hydrogens is 333 g/mol. The third kappa shape index (κ3) is 3.47. The first-order valence-corrected chi connectivity index (χ1v) is 9.25. The van der Waals surface area contributed by atoms with E-state index in [-0.39, 0.29) is 22.6 Å². The van der Waals surface area contributed by atoms with Gasteiger partial charge in [0.25, 0.3) is 0 Å². The van der Waals surface area contributed by atoms with E-state index in [2.05, 4.69) is 0 Å². The first-order chi connectivity index (χ1) is 9.95. The highest BCUT2D eigenvalue weighted by Crippen LogP contribution is 2.38. The lowest BCUT2D eigenvalue weighted by Crippen LogP contribution is -2.34. The second-order valence-electron chi connectivity index (χ2n) is 5.08. The van der Waals surface area contributed by atoms with Crippen LogP contribution in [0.4, 0.5) is 0 Å². The Morgan fingerprint density at radius 1 is 1.38 bits per heavy atom. The summed E-state index contributed by atoms with van der Waals surface area (Å²) in [5.74, 6) is 0.430. The van der Waals surface area contributed by atoms with Gasteiger partial charge in [-0.3, -0.25) is 0 Å². The molecular formula is C14H19Cl2NO3S. The number of halogens is 2. The highest BCUT2D eigenvalue weighted by atomic mass is 35.5. The largest absolute Gasteiger partial charge is 0.495 e. The number of methoxy groups -OCH3 is 1. The van der Waals surface area contributed by atoms with Crippen molar-refractivity contribution in [3.8, 4) is 5.75 Å². The molecule has 1 fully saturated rings. The molecule has 0 aromatic heterocycles. The fraction of sp³-hybridized carbons (Fsp3) is 0.571. The van der Waals surface area contributed by atoms with Crippen molar-refractivity contribution in [1.29, 1.82) is 0 Å². The van der Waals surface area contributed by atoms with Gasteiger partial charge in [0.1, 0.15) is 10.6 Å². The first-order valence-electron chi connectivity index (χ1n) is 6.89. The van der Waals surface area contributed by atoms with Crippen LogP contribution in [0.15, 0.2) is 17.0 Å². The van der Waals surface area contributed by atoms with E-state index in [4.69, 9.17) is 27.9 Å². The van der Waals surface area contributed by atoms with Crippen LogP contribution in [0.3, 0.4) is 0 Å². The van der Waals surface area contributed by atoms with Gasteiger partial charge in [-0.1, -0.05) is 18.5 Å². The third-order valence-electron chi connectivity index (χ3n) is 3.43. The molecule has 1 aromatic rings. The molecule has 1 aliphatic rings. The van der Waals surface area contributed by atoms with E-state index < -0.39 is 10.0 Å².